The van der Waals surface area contributed by atoms with Crippen LogP contribution in [0.15, 0.2) is 58.1 Å². The number of H-pyrrole nitrogens is 1. The fraction of sp³-hybridized carbons (Fsp3) is 0.292. The molecule has 5 rings (SSSR count). The molecule has 1 fully saturated rings. The van der Waals surface area contributed by atoms with Gasteiger partial charge in [0, 0.05) is 25.1 Å². The molecule has 4 aromatic rings. The smallest absolute Gasteiger partial charge is 0.333 e. The van der Waals surface area contributed by atoms with E-state index < -0.39 is 17.1 Å². The van der Waals surface area contributed by atoms with Gasteiger partial charge in [0.1, 0.15) is 17.2 Å². The number of imidazole rings is 1. The van der Waals surface area contributed by atoms with E-state index in [4.69, 9.17) is 5.73 Å². The summed E-state index contributed by atoms with van der Waals surface area (Å²) in [6.45, 7) is 0.849. The molecule has 2 aromatic heterocycles. The van der Waals surface area contributed by atoms with Crippen LogP contribution in [-0.4, -0.2) is 19.1 Å². The topological polar surface area (TPSA) is 98.7 Å². The van der Waals surface area contributed by atoms with E-state index in [-0.39, 0.29) is 12.1 Å². The third kappa shape index (κ3) is 3.89. The third-order valence-electron chi connectivity index (χ3n) is 5.96. The first kappa shape index (κ1) is 20.4. The van der Waals surface area contributed by atoms with E-state index in [1.54, 1.807) is 22.8 Å². The zero-order valence-corrected chi connectivity index (χ0v) is 17.6. The molecule has 8 heteroatoms. The maximum absolute atomic E-state index is 14.2. The Morgan fingerprint density at radius 1 is 1.03 bits per heavy atom. The molecule has 0 atom stereocenters. The molecule has 0 unspecified atom stereocenters. The first-order valence-corrected chi connectivity index (χ1v) is 10.8. The van der Waals surface area contributed by atoms with E-state index in [0.29, 0.717) is 42.5 Å². The molecule has 1 saturated carbocycles. The molecule has 7 nitrogen and oxygen atoms in total. The van der Waals surface area contributed by atoms with E-state index in [1.165, 1.54) is 6.07 Å². The average Bonchev–Trinajstić information content (AvgIpc) is 3.53. The summed E-state index contributed by atoms with van der Waals surface area (Å²) < 4.78 is 16.9. The highest BCUT2D eigenvalue weighted by molar-refractivity contribution is 5.70. The van der Waals surface area contributed by atoms with Crippen LogP contribution in [0.1, 0.15) is 35.4 Å². The lowest BCUT2D eigenvalue weighted by Gasteiger charge is -2.11. The normalized spacial score (nSPS) is 13.7. The van der Waals surface area contributed by atoms with Gasteiger partial charge in [-0.15, -0.1) is 0 Å². The van der Waals surface area contributed by atoms with Crippen molar-refractivity contribution in [2.75, 3.05) is 0 Å². The number of nitrogens with zero attached hydrogens (tertiary/aromatic N) is 3. The Morgan fingerprint density at radius 3 is 2.44 bits per heavy atom. The fourth-order valence-corrected chi connectivity index (χ4v) is 3.94. The van der Waals surface area contributed by atoms with Crippen molar-refractivity contribution in [3.05, 3.63) is 97.7 Å². The van der Waals surface area contributed by atoms with E-state index in [0.717, 1.165) is 28.5 Å². The van der Waals surface area contributed by atoms with Crippen LogP contribution in [0, 0.1) is 11.7 Å². The molecule has 1 aliphatic rings. The van der Waals surface area contributed by atoms with Gasteiger partial charge in [-0.05, 0) is 36.0 Å². The zero-order valence-electron chi connectivity index (χ0n) is 17.6. The van der Waals surface area contributed by atoms with Gasteiger partial charge in [0.25, 0.3) is 5.56 Å². The van der Waals surface area contributed by atoms with Gasteiger partial charge in [0.2, 0.25) is 0 Å². The zero-order chi connectivity index (χ0) is 22.2. The van der Waals surface area contributed by atoms with Gasteiger partial charge in [-0.3, -0.25) is 13.9 Å². The minimum atomic E-state index is -0.488. The molecular formula is C24H24FN5O2. The van der Waals surface area contributed by atoms with E-state index in [1.807, 2.05) is 24.3 Å². The molecule has 0 bridgehead atoms. The molecule has 0 aliphatic heterocycles. The second-order valence-corrected chi connectivity index (χ2v) is 8.40. The van der Waals surface area contributed by atoms with Crippen molar-refractivity contribution in [3.63, 3.8) is 0 Å². The molecule has 2 aromatic carbocycles. The summed E-state index contributed by atoms with van der Waals surface area (Å²) in [5.74, 6) is 0.559. The number of hydrogen-bond acceptors (Lipinski definition) is 4. The van der Waals surface area contributed by atoms with Gasteiger partial charge in [0.15, 0.2) is 5.65 Å². The maximum atomic E-state index is 14.2. The van der Waals surface area contributed by atoms with E-state index >= 15 is 0 Å². The quantitative estimate of drug-likeness (QED) is 0.468. The number of aromatic nitrogens is 4. The van der Waals surface area contributed by atoms with E-state index in [2.05, 4.69) is 9.97 Å². The minimum absolute atomic E-state index is 0.125. The largest absolute Gasteiger partial charge is 0.336 e. The summed E-state index contributed by atoms with van der Waals surface area (Å²) >= 11 is 0. The summed E-state index contributed by atoms with van der Waals surface area (Å²) in [5, 5.41) is 0. The molecule has 0 amide bonds. The van der Waals surface area contributed by atoms with E-state index in [9.17, 15) is 14.0 Å². The van der Waals surface area contributed by atoms with Crippen LogP contribution < -0.4 is 17.0 Å². The number of halogens is 1. The highest BCUT2D eigenvalue weighted by atomic mass is 19.1. The predicted octanol–water partition coefficient (Wildman–Crippen LogP) is 2.53. The number of fused-ring (bicyclic) bond motifs is 1. The number of aromatic amines is 1. The predicted molar refractivity (Wildman–Crippen MR) is 120 cm³/mol. The molecular weight excluding hydrogens is 409 g/mol. The average molecular weight is 433 g/mol. The molecule has 32 heavy (non-hydrogen) atoms. The molecule has 164 valence electrons. The number of nitrogens with one attached hydrogen (secondary N) is 1. The Balaban J connectivity index is 1.59. The van der Waals surface area contributed by atoms with Crippen molar-refractivity contribution in [1.82, 2.24) is 19.1 Å². The Bertz CT molecular complexity index is 1400. The first-order chi connectivity index (χ1) is 15.5. The van der Waals surface area contributed by atoms with Crippen LogP contribution in [0.4, 0.5) is 4.39 Å². The van der Waals surface area contributed by atoms with Crippen molar-refractivity contribution in [2.45, 2.75) is 38.9 Å². The lowest BCUT2D eigenvalue weighted by molar-refractivity contribution is 0.548. The summed E-state index contributed by atoms with van der Waals surface area (Å²) in [5.41, 5.74) is 7.71. The summed E-state index contributed by atoms with van der Waals surface area (Å²) in [6, 6.07) is 14.1. The Kier molecular flexibility index (Phi) is 5.22. The van der Waals surface area contributed by atoms with Crippen molar-refractivity contribution in [2.24, 2.45) is 11.7 Å². The van der Waals surface area contributed by atoms with Crippen molar-refractivity contribution < 1.29 is 4.39 Å². The second-order valence-electron chi connectivity index (χ2n) is 8.40. The Labute approximate surface area is 183 Å². The lowest BCUT2D eigenvalue weighted by Crippen LogP contribution is -2.40. The Hall–Kier alpha value is -3.52. The molecule has 0 spiro atoms. The van der Waals surface area contributed by atoms with Gasteiger partial charge in [-0.2, -0.15) is 0 Å². The van der Waals surface area contributed by atoms with Crippen LogP contribution in [-0.2, 0) is 26.1 Å². The molecule has 1 aliphatic carbocycles. The summed E-state index contributed by atoms with van der Waals surface area (Å²) in [4.78, 5) is 34.2. The van der Waals surface area contributed by atoms with Gasteiger partial charge in [0.05, 0.1) is 6.54 Å². The summed E-state index contributed by atoms with van der Waals surface area (Å²) in [7, 11) is 0. The lowest BCUT2D eigenvalue weighted by atomic mass is 10.1. The molecule has 3 N–H and O–H groups in total. The second kappa shape index (κ2) is 8.20. The monoisotopic (exact) mass is 433 g/mol. The van der Waals surface area contributed by atoms with Crippen LogP contribution >= 0.6 is 0 Å². The van der Waals surface area contributed by atoms with Crippen molar-refractivity contribution in [1.29, 1.82) is 0 Å². The molecule has 0 saturated heterocycles. The third-order valence-corrected chi connectivity index (χ3v) is 5.96. The standard InChI is InChI=1S/C24H24FN5O2/c25-19-4-2-1-3-18(19)14-30-23(31)21-22(29(24(30)32)13-17-9-10-17)28-20(27-21)11-15-5-7-16(12-26)8-6-15/h1-8,17H,9-14,26H2,(H,27,28). The first-order valence-electron chi connectivity index (χ1n) is 10.8. The van der Waals surface area contributed by atoms with Crippen LogP contribution in [0.3, 0.4) is 0 Å². The number of benzene rings is 2. The highest BCUT2D eigenvalue weighted by Crippen LogP contribution is 2.30. The number of rotatable bonds is 7. The van der Waals surface area contributed by atoms with Gasteiger partial charge in [-0.1, -0.05) is 42.5 Å². The number of hydrogen-bond donors (Lipinski definition) is 2. The van der Waals surface area contributed by atoms with Crippen LogP contribution in [0.25, 0.3) is 11.2 Å². The molecule has 0 radical (unpaired) electrons. The number of nitrogens with two attached hydrogens (primary N) is 1. The SMILES string of the molecule is NCc1ccc(Cc2nc3c([nH]2)c(=O)n(Cc2ccccc2F)c(=O)n3CC2CC2)cc1. The van der Waals surface area contributed by atoms with Crippen LogP contribution in [0.2, 0.25) is 0 Å². The van der Waals surface area contributed by atoms with Crippen molar-refractivity contribution in [3.8, 4) is 0 Å². The maximum Gasteiger partial charge on any atom is 0.333 e. The van der Waals surface area contributed by atoms with Gasteiger partial charge >= 0.3 is 5.69 Å². The Morgan fingerprint density at radius 2 is 1.75 bits per heavy atom. The van der Waals surface area contributed by atoms with Gasteiger partial charge < -0.3 is 10.7 Å². The van der Waals surface area contributed by atoms with Gasteiger partial charge in [-0.25, -0.2) is 14.2 Å². The van der Waals surface area contributed by atoms with Crippen molar-refractivity contribution >= 4 is 11.2 Å². The molecule has 2 heterocycles. The highest BCUT2D eigenvalue weighted by Gasteiger charge is 2.26. The summed E-state index contributed by atoms with van der Waals surface area (Å²) in [6.07, 6.45) is 2.58. The minimum Gasteiger partial charge on any atom is -0.336 e. The van der Waals surface area contributed by atoms with Crippen LogP contribution in [0.5, 0.6) is 0 Å². The fourth-order valence-electron chi connectivity index (χ4n) is 3.94.